The number of carbonyl (C=O) groups excluding carboxylic acids is 2. The van der Waals surface area contributed by atoms with E-state index in [9.17, 15) is 9.59 Å². The zero-order valence-corrected chi connectivity index (χ0v) is 20.3. The highest BCUT2D eigenvalue weighted by atomic mass is 16.5. The largest absolute Gasteiger partial charge is 0.465 e. The van der Waals surface area contributed by atoms with E-state index >= 15 is 0 Å². The van der Waals surface area contributed by atoms with Crippen molar-refractivity contribution in [3.63, 3.8) is 0 Å². The van der Waals surface area contributed by atoms with Gasteiger partial charge >= 0.3 is 5.97 Å². The summed E-state index contributed by atoms with van der Waals surface area (Å²) in [6.07, 6.45) is 6.05. The highest BCUT2D eigenvalue weighted by molar-refractivity contribution is 6.10. The molecule has 178 valence electrons. The Balaban J connectivity index is 1.66. The molecule has 0 heterocycles. The van der Waals surface area contributed by atoms with Crippen LogP contribution in [-0.4, -0.2) is 25.0 Å². The molecule has 0 radical (unpaired) electrons. The average molecular weight is 466 g/mol. The van der Waals surface area contributed by atoms with Gasteiger partial charge in [0.25, 0.3) is 5.91 Å². The van der Waals surface area contributed by atoms with Crippen molar-refractivity contribution in [1.29, 1.82) is 0 Å². The van der Waals surface area contributed by atoms with Gasteiger partial charge in [0.1, 0.15) is 0 Å². The van der Waals surface area contributed by atoms with Crippen LogP contribution in [0.3, 0.4) is 0 Å². The summed E-state index contributed by atoms with van der Waals surface area (Å²) >= 11 is 0. The third kappa shape index (κ3) is 4.66. The van der Waals surface area contributed by atoms with Gasteiger partial charge in [-0.1, -0.05) is 67.8 Å². The first kappa shape index (κ1) is 23.1. The minimum Gasteiger partial charge on any atom is -0.465 e. The molecule has 0 aromatic heterocycles. The predicted molar refractivity (Wildman–Crippen MR) is 142 cm³/mol. The average Bonchev–Trinajstić information content (AvgIpc) is 2.91. The summed E-state index contributed by atoms with van der Waals surface area (Å²) in [7, 11) is 1.39. The van der Waals surface area contributed by atoms with Gasteiger partial charge in [-0.25, -0.2) is 4.79 Å². The maximum Gasteiger partial charge on any atom is 0.338 e. The normalized spacial score (nSPS) is 15.1. The fourth-order valence-corrected chi connectivity index (χ4v) is 5.43. The smallest absolute Gasteiger partial charge is 0.338 e. The Morgan fingerprint density at radius 1 is 0.771 bits per heavy atom. The van der Waals surface area contributed by atoms with Crippen molar-refractivity contribution in [2.75, 3.05) is 7.11 Å². The number of hydrogen-bond donors (Lipinski definition) is 1. The lowest BCUT2D eigenvalue weighted by molar-refractivity contribution is 0.0601. The van der Waals surface area contributed by atoms with Crippen molar-refractivity contribution in [1.82, 2.24) is 5.32 Å². The van der Waals surface area contributed by atoms with Gasteiger partial charge < -0.3 is 10.1 Å². The van der Waals surface area contributed by atoms with Crippen LogP contribution < -0.4 is 5.32 Å². The zero-order valence-electron chi connectivity index (χ0n) is 20.3. The van der Waals surface area contributed by atoms with Crippen LogP contribution in [0.4, 0.5) is 0 Å². The fourth-order valence-electron chi connectivity index (χ4n) is 5.43. The third-order valence-electron chi connectivity index (χ3n) is 7.43. The molecule has 1 aliphatic carbocycles. The van der Waals surface area contributed by atoms with Crippen LogP contribution in [0.1, 0.15) is 59.7 Å². The number of methoxy groups -OCH3 is 1. The lowest BCUT2D eigenvalue weighted by Gasteiger charge is -2.28. The molecular weight excluding hydrogens is 434 g/mol. The molecule has 5 rings (SSSR count). The number of nitrogens with one attached hydrogen (secondary N) is 1. The van der Waals surface area contributed by atoms with Crippen molar-refractivity contribution in [3.8, 4) is 11.1 Å². The molecule has 0 unspecified atom stereocenters. The van der Waals surface area contributed by atoms with E-state index < -0.39 is 5.97 Å². The second-order valence-electron chi connectivity index (χ2n) is 9.64. The number of benzene rings is 4. The summed E-state index contributed by atoms with van der Waals surface area (Å²) in [5.41, 5.74) is 2.47. The van der Waals surface area contributed by atoms with Gasteiger partial charge in [-0.2, -0.15) is 0 Å². The lowest BCUT2D eigenvalue weighted by atomic mass is 9.84. The van der Waals surface area contributed by atoms with Gasteiger partial charge in [-0.15, -0.1) is 0 Å². The Morgan fingerprint density at radius 2 is 1.26 bits per heavy atom. The highest BCUT2D eigenvalue weighted by Gasteiger charge is 2.25. The van der Waals surface area contributed by atoms with Gasteiger partial charge in [0, 0.05) is 11.6 Å². The molecule has 0 aliphatic heterocycles. The number of fused-ring (bicyclic) bond motifs is 2. The molecule has 4 aromatic rings. The second kappa shape index (κ2) is 9.91. The molecule has 0 bridgehead atoms. The standard InChI is InChI=1S/C31H31NO3/c1-20(21-10-4-3-5-11-21)32-30(33)28-18-24-14-8-6-12-22(24)16-26(28)27-17-23-13-7-9-15-25(23)19-29(27)31(34)35-2/h6-9,12-21H,3-5,10-11H2,1-2H3,(H,32,33)/t20-/m0/s1. The SMILES string of the molecule is COC(=O)c1cc2ccccc2cc1-c1cc2ccccc2cc1C(=O)N[C@@H](C)C1CCCCC1. The molecule has 1 fully saturated rings. The number of ether oxygens (including phenoxy) is 1. The molecule has 4 aromatic carbocycles. The lowest BCUT2D eigenvalue weighted by Crippen LogP contribution is -2.39. The molecule has 4 heteroatoms. The minimum absolute atomic E-state index is 0.0961. The molecule has 1 saturated carbocycles. The van der Waals surface area contributed by atoms with E-state index in [0.717, 1.165) is 39.9 Å². The van der Waals surface area contributed by atoms with E-state index in [1.54, 1.807) is 0 Å². The Kier molecular flexibility index (Phi) is 6.54. The van der Waals surface area contributed by atoms with Crippen LogP contribution in [0.25, 0.3) is 32.7 Å². The summed E-state index contributed by atoms with van der Waals surface area (Å²) < 4.78 is 5.14. The quantitative estimate of drug-likeness (QED) is 0.319. The molecule has 1 atom stereocenters. The Morgan fingerprint density at radius 3 is 1.80 bits per heavy atom. The topological polar surface area (TPSA) is 55.4 Å². The van der Waals surface area contributed by atoms with Crippen LogP contribution in [0.15, 0.2) is 72.8 Å². The van der Waals surface area contributed by atoms with Crippen molar-refractivity contribution in [2.24, 2.45) is 5.92 Å². The van der Waals surface area contributed by atoms with Crippen LogP contribution in [-0.2, 0) is 4.74 Å². The van der Waals surface area contributed by atoms with Crippen LogP contribution in [0.2, 0.25) is 0 Å². The Bertz CT molecular complexity index is 1400. The monoisotopic (exact) mass is 465 g/mol. The van der Waals surface area contributed by atoms with Gasteiger partial charge in [0.05, 0.1) is 12.7 Å². The number of esters is 1. The maximum absolute atomic E-state index is 13.7. The third-order valence-corrected chi connectivity index (χ3v) is 7.43. The van der Waals surface area contributed by atoms with E-state index in [0.29, 0.717) is 22.6 Å². The Labute approximate surface area is 206 Å². The maximum atomic E-state index is 13.7. The molecule has 4 nitrogen and oxygen atoms in total. The summed E-state index contributed by atoms with van der Waals surface area (Å²) in [6.45, 7) is 2.12. The highest BCUT2D eigenvalue weighted by Crippen LogP contribution is 2.35. The summed E-state index contributed by atoms with van der Waals surface area (Å²) in [5.74, 6) is -0.0171. The summed E-state index contributed by atoms with van der Waals surface area (Å²) in [5, 5.41) is 7.25. The first-order valence-electron chi connectivity index (χ1n) is 12.5. The predicted octanol–water partition coefficient (Wildman–Crippen LogP) is 7.15. The van der Waals surface area contributed by atoms with Crippen molar-refractivity contribution < 1.29 is 14.3 Å². The molecule has 35 heavy (non-hydrogen) atoms. The summed E-state index contributed by atoms with van der Waals surface area (Å²) in [6, 6.07) is 23.8. The van der Waals surface area contributed by atoms with Crippen molar-refractivity contribution >= 4 is 33.4 Å². The van der Waals surface area contributed by atoms with E-state index in [4.69, 9.17) is 4.74 Å². The number of carbonyl (C=O) groups is 2. The number of hydrogen-bond acceptors (Lipinski definition) is 3. The van der Waals surface area contributed by atoms with E-state index in [1.165, 1.54) is 26.4 Å². The van der Waals surface area contributed by atoms with Gasteiger partial charge in [0.15, 0.2) is 0 Å². The van der Waals surface area contributed by atoms with Crippen LogP contribution >= 0.6 is 0 Å². The summed E-state index contributed by atoms with van der Waals surface area (Å²) in [4.78, 5) is 26.6. The van der Waals surface area contributed by atoms with Crippen LogP contribution in [0, 0.1) is 5.92 Å². The van der Waals surface area contributed by atoms with E-state index in [-0.39, 0.29) is 11.9 Å². The molecule has 1 aliphatic rings. The Hall–Kier alpha value is -3.66. The van der Waals surface area contributed by atoms with E-state index in [2.05, 4.69) is 12.2 Å². The molecular formula is C31H31NO3. The van der Waals surface area contributed by atoms with Gasteiger partial charge in [0.2, 0.25) is 0 Å². The van der Waals surface area contributed by atoms with Gasteiger partial charge in [-0.05, 0) is 82.6 Å². The van der Waals surface area contributed by atoms with Crippen LogP contribution in [0.5, 0.6) is 0 Å². The number of rotatable bonds is 5. The molecule has 0 spiro atoms. The van der Waals surface area contributed by atoms with Crippen molar-refractivity contribution in [3.05, 3.63) is 83.9 Å². The first-order valence-corrected chi connectivity index (χ1v) is 12.5. The van der Waals surface area contributed by atoms with E-state index in [1.807, 2.05) is 72.8 Å². The van der Waals surface area contributed by atoms with Crippen molar-refractivity contribution in [2.45, 2.75) is 45.1 Å². The zero-order chi connectivity index (χ0) is 24.4. The molecule has 1 N–H and O–H groups in total. The van der Waals surface area contributed by atoms with Gasteiger partial charge in [-0.3, -0.25) is 4.79 Å². The molecule has 1 amide bonds. The first-order chi connectivity index (χ1) is 17.0. The minimum atomic E-state index is -0.416. The second-order valence-corrected chi connectivity index (χ2v) is 9.64. The number of amides is 1. The fraction of sp³-hybridized carbons (Fsp3) is 0.290. The molecule has 0 saturated heterocycles.